The summed E-state index contributed by atoms with van der Waals surface area (Å²) in [6.45, 7) is 4.96. The molecule has 0 radical (unpaired) electrons. The Kier molecular flexibility index (Phi) is 2.28. The van der Waals surface area contributed by atoms with Gasteiger partial charge < -0.3 is 20.1 Å². The van der Waals surface area contributed by atoms with E-state index in [1.165, 1.54) is 0 Å². The molecule has 1 saturated carbocycles. The van der Waals surface area contributed by atoms with Crippen LogP contribution in [-0.2, 0) is 9.53 Å². The van der Waals surface area contributed by atoms with Crippen LogP contribution in [0.3, 0.4) is 0 Å². The third-order valence-corrected chi connectivity index (χ3v) is 4.07. The molecule has 5 heteroatoms. The number of Topliss-reactive ketones (excluding diaryl/α,β-unsaturated/α-hetero) is 1. The number of aliphatic hydroxyl groups excluding tert-OH is 2. The van der Waals surface area contributed by atoms with Crippen molar-refractivity contribution in [3.63, 3.8) is 0 Å². The highest BCUT2D eigenvalue weighted by atomic mass is 16.6. The summed E-state index contributed by atoms with van der Waals surface area (Å²) in [5.41, 5.74) is -3.78. The van der Waals surface area contributed by atoms with Crippen LogP contribution in [-0.4, -0.2) is 44.7 Å². The molecule has 92 valence electrons. The Morgan fingerprint density at radius 1 is 1.25 bits per heavy atom. The lowest BCUT2D eigenvalue weighted by molar-refractivity contribution is -0.228. The van der Waals surface area contributed by atoms with Crippen LogP contribution in [0.15, 0.2) is 0 Å². The molecule has 0 bridgehead atoms. The van der Waals surface area contributed by atoms with Crippen molar-refractivity contribution in [3.05, 3.63) is 0 Å². The SMILES string of the molecule is CC1(C)C[C@H](O)C[C@]2(C)O[C@H](O)C(=O)[C@]12O. The molecule has 0 amide bonds. The van der Waals surface area contributed by atoms with Gasteiger partial charge in [0.2, 0.25) is 12.1 Å². The molecular formula is C11H18O5. The Bertz CT molecular complexity index is 339. The smallest absolute Gasteiger partial charge is 0.223 e. The van der Waals surface area contributed by atoms with Crippen LogP contribution in [0.5, 0.6) is 0 Å². The quantitative estimate of drug-likeness (QED) is 0.526. The third kappa shape index (κ3) is 1.17. The maximum atomic E-state index is 11.9. The summed E-state index contributed by atoms with van der Waals surface area (Å²) in [5, 5.41) is 29.8. The zero-order chi connectivity index (χ0) is 12.4. The standard InChI is InChI=1S/C11H18O5/c1-9(2)4-6(12)5-10(3)11(9,15)7(13)8(14)16-10/h6,8,12,14-15H,4-5H2,1-3H3/t6-,8-,10-,11-/m0/s1. The molecule has 5 nitrogen and oxygen atoms in total. The summed E-state index contributed by atoms with van der Waals surface area (Å²) >= 11 is 0. The summed E-state index contributed by atoms with van der Waals surface area (Å²) in [6.07, 6.45) is -1.78. The van der Waals surface area contributed by atoms with Crippen LogP contribution in [0.4, 0.5) is 0 Å². The van der Waals surface area contributed by atoms with Gasteiger partial charge in [0, 0.05) is 11.8 Å². The van der Waals surface area contributed by atoms with Crippen LogP contribution in [0.2, 0.25) is 0 Å². The molecule has 2 aliphatic rings. The Hall–Kier alpha value is -0.490. The number of carbonyl (C=O) groups excluding carboxylic acids is 1. The summed E-state index contributed by atoms with van der Waals surface area (Å²) in [4.78, 5) is 11.9. The number of rotatable bonds is 0. The van der Waals surface area contributed by atoms with E-state index in [1.54, 1.807) is 20.8 Å². The van der Waals surface area contributed by atoms with E-state index >= 15 is 0 Å². The van der Waals surface area contributed by atoms with Gasteiger partial charge in [-0.15, -0.1) is 0 Å². The van der Waals surface area contributed by atoms with E-state index < -0.39 is 34.8 Å². The first-order valence-corrected chi connectivity index (χ1v) is 5.45. The first-order valence-electron chi connectivity index (χ1n) is 5.45. The Labute approximate surface area is 94.0 Å². The normalized spacial score (nSPS) is 51.5. The summed E-state index contributed by atoms with van der Waals surface area (Å²) < 4.78 is 5.17. The molecule has 1 aliphatic carbocycles. The Morgan fingerprint density at radius 3 is 2.38 bits per heavy atom. The van der Waals surface area contributed by atoms with Crippen LogP contribution in [0.1, 0.15) is 33.6 Å². The Balaban J connectivity index is 2.53. The molecule has 0 aromatic rings. The molecular weight excluding hydrogens is 212 g/mol. The Morgan fingerprint density at radius 2 is 1.81 bits per heavy atom. The average Bonchev–Trinajstić information content (AvgIpc) is 2.26. The molecule has 0 unspecified atom stereocenters. The maximum absolute atomic E-state index is 11.9. The number of carbonyl (C=O) groups is 1. The number of aliphatic hydroxyl groups is 3. The van der Waals surface area contributed by atoms with Gasteiger partial charge in [0.05, 0.1) is 6.10 Å². The molecule has 1 heterocycles. The van der Waals surface area contributed by atoms with E-state index in [2.05, 4.69) is 0 Å². The van der Waals surface area contributed by atoms with E-state index in [0.717, 1.165) is 0 Å². The van der Waals surface area contributed by atoms with Crippen LogP contribution in [0.25, 0.3) is 0 Å². The monoisotopic (exact) mass is 230 g/mol. The van der Waals surface area contributed by atoms with Crippen molar-refractivity contribution in [2.24, 2.45) is 5.41 Å². The first kappa shape index (κ1) is 12.0. The van der Waals surface area contributed by atoms with Crippen molar-refractivity contribution in [2.75, 3.05) is 0 Å². The van der Waals surface area contributed by atoms with Crippen molar-refractivity contribution in [3.8, 4) is 0 Å². The number of hydrogen-bond donors (Lipinski definition) is 3. The maximum Gasteiger partial charge on any atom is 0.223 e. The summed E-state index contributed by atoms with van der Waals surface area (Å²) in [5.74, 6) is -0.702. The lowest BCUT2D eigenvalue weighted by atomic mass is 9.57. The predicted molar refractivity (Wildman–Crippen MR) is 54.5 cm³/mol. The zero-order valence-corrected chi connectivity index (χ0v) is 9.73. The molecule has 16 heavy (non-hydrogen) atoms. The summed E-state index contributed by atoms with van der Waals surface area (Å²) in [7, 11) is 0. The summed E-state index contributed by atoms with van der Waals surface area (Å²) in [6, 6.07) is 0. The van der Waals surface area contributed by atoms with Gasteiger partial charge in [-0.3, -0.25) is 4.79 Å². The lowest BCUT2D eigenvalue weighted by Crippen LogP contribution is -2.66. The number of fused-ring (bicyclic) bond motifs is 1. The highest BCUT2D eigenvalue weighted by molar-refractivity contribution is 5.94. The second kappa shape index (κ2) is 3.04. The highest BCUT2D eigenvalue weighted by Crippen LogP contribution is 2.55. The van der Waals surface area contributed by atoms with E-state index in [-0.39, 0.29) is 6.42 Å². The number of ether oxygens (including phenoxy) is 1. The second-order valence-electron chi connectivity index (χ2n) is 5.72. The minimum atomic E-state index is -1.74. The molecule has 0 aromatic heterocycles. The fourth-order valence-corrected chi connectivity index (χ4v) is 3.33. The van der Waals surface area contributed by atoms with E-state index in [1.807, 2.05) is 0 Å². The highest BCUT2D eigenvalue weighted by Gasteiger charge is 2.71. The lowest BCUT2D eigenvalue weighted by Gasteiger charge is -2.52. The number of ketones is 1. The molecule has 2 fully saturated rings. The molecule has 2 rings (SSSR count). The molecule has 0 aromatic carbocycles. The minimum absolute atomic E-state index is 0.149. The van der Waals surface area contributed by atoms with Crippen molar-refractivity contribution in [1.82, 2.24) is 0 Å². The molecule has 4 atom stereocenters. The van der Waals surface area contributed by atoms with E-state index in [4.69, 9.17) is 4.74 Å². The van der Waals surface area contributed by atoms with Gasteiger partial charge in [-0.2, -0.15) is 0 Å². The first-order chi connectivity index (χ1) is 7.14. The van der Waals surface area contributed by atoms with Crippen LogP contribution >= 0.6 is 0 Å². The fraction of sp³-hybridized carbons (Fsp3) is 0.909. The molecule has 3 N–H and O–H groups in total. The van der Waals surface area contributed by atoms with Gasteiger partial charge in [-0.05, 0) is 13.3 Å². The van der Waals surface area contributed by atoms with Crippen LogP contribution in [0, 0.1) is 5.41 Å². The van der Waals surface area contributed by atoms with Crippen LogP contribution < -0.4 is 0 Å². The zero-order valence-electron chi connectivity index (χ0n) is 9.73. The molecule has 1 aliphatic heterocycles. The van der Waals surface area contributed by atoms with Gasteiger partial charge in [-0.25, -0.2) is 0 Å². The van der Waals surface area contributed by atoms with Gasteiger partial charge in [0.1, 0.15) is 5.60 Å². The van der Waals surface area contributed by atoms with Gasteiger partial charge >= 0.3 is 0 Å². The average molecular weight is 230 g/mol. The van der Waals surface area contributed by atoms with Crippen molar-refractivity contribution < 1.29 is 24.9 Å². The largest absolute Gasteiger partial charge is 0.393 e. The topological polar surface area (TPSA) is 87.0 Å². The second-order valence-corrected chi connectivity index (χ2v) is 5.72. The minimum Gasteiger partial charge on any atom is -0.393 e. The van der Waals surface area contributed by atoms with E-state index in [9.17, 15) is 20.1 Å². The van der Waals surface area contributed by atoms with Crippen molar-refractivity contribution in [1.29, 1.82) is 0 Å². The predicted octanol–water partition coefficient (Wildman–Crippen LogP) is -0.425. The van der Waals surface area contributed by atoms with Crippen molar-refractivity contribution >= 4 is 5.78 Å². The fourth-order valence-electron chi connectivity index (χ4n) is 3.33. The van der Waals surface area contributed by atoms with Crippen molar-refractivity contribution in [2.45, 2.75) is 57.2 Å². The van der Waals surface area contributed by atoms with E-state index in [0.29, 0.717) is 6.42 Å². The van der Waals surface area contributed by atoms with Gasteiger partial charge in [-0.1, -0.05) is 13.8 Å². The van der Waals surface area contributed by atoms with Gasteiger partial charge in [0.15, 0.2) is 5.60 Å². The molecule has 0 spiro atoms. The third-order valence-electron chi connectivity index (χ3n) is 4.07. The van der Waals surface area contributed by atoms with Gasteiger partial charge in [0.25, 0.3) is 0 Å². The number of hydrogen-bond acceptors (Lipinski definition) is 5. The molecule has 1 saturated heterocycles.